The van der Waals surface area contributed by atoms with E-state index in [1.54, 1.807) is 23.1 Å². The Bertz CT molecular complexity index is 1140. The molecule has 1 saturated heterocycles. The molecule has 36 heavy (non-hydrogen) atoms. The van der Waals surface area contributed by atoms with Crippen LogP contribution < -0.4 is 10.6 Å². The second kappa shape index (κ2) is 10.6. The van der Waals surface area contributed by atoms with Crippen LogP contribution >= 0.6 is 0 Å². The summed E-state index contributed by atoms with van der Waals surface area (Å²) in [4.78, 5) is 45.5. The van der Waals surface area contributed by atoms with Gasteiger partial charge in [0, 0.05) is 31.2 Å². The van der Waals surface area contributed by atoms with Crippen LogP contribution in [0.15, 0.2) is 36.5 Å². The maximum Gasteiger partial charge on any atom is 0.410 e. The monoisotopic (exact) mass is 497 g/mol. The van der Waals surface area contributed by atoms with Gasteiger partial charge < -0.3 is 15.3 Å². The zero-order valence-corrected chi connectivity index (χ0v) is 20.7. The highest BCUT2D eigenvalue weighted by molar-refractivity contribution is 6.39. The van der Waals surface area contributed by atoms with Crippen LogP contribution in [-0.2, 0) is 9.59 Å². The first-order chi connectivity index (χ1) is 17.1. The van der Waals surface area contributed by atoms with Crippen LogP contribution in [0.4, 0.5) is 20.7 Å². The fraction of sp³-hybridized carbons (Fsp3) is 0.462. The van der Waals surface area contributed by atoms with E-state index in [2.05, 4.69) is 34.4 Å². The summed E-state index contributed by atoms with van der Waals surface area (Å²) in [6.07, 6.45) is 1.94. The summed E-state index contributed by atoms with van der Waals surface area (Å²) >= 11 is 0. The predicted octanol–water partition coefficient (Wildman–Crippen LogP) is 4.06. The largest absolute Gasteiger partial charge is 0.465 e. The molecule has 1 aromatic heterocycles. The number of aromatic nitrogens is 1. The van der Waals surface area contributed by atoms with Gasteiger partial charge >= 0.3 is 17.9 Å². The topological polar surface area (TPSA) is 115 Å². The second-order valence-corrected chi connectivity index (χ2v) is 10.0. The molecule has 3 N–H and O–H groups in total. The van der Waals surface area contributed by atoms with Crippen LogP contribution in [0.5, 0.6) is 0 Å². The Morgan fingerprint density at radius 3 is 2.44 bits per heavy atom. The lowest BCUT2D eigenvalue weighted by atomic mass is 9.98. The highest BCUT2D eigenvalue weighted by Gasteiger charge is 2.38. The second-order valence-electron chi connectivity index (χ2n) is 10.0. The molecular weight excluding hydrogens is 465 g/mol. The zero-order valence-electron chi connectivity index (χ0n) is 20.7. The number of pyridine rings is 1. The van der Waals surface area contributed by atoms with E-state index in [9.17, 15) is 18.8 Å². The number of carboxylic acid groups (broad SMARTS) is 1. The number of carbonyl (C=O) groups is 3. The molecule has 1 aromatic carbocycles. The van der Waals surface area contributed by atoms with Crippen LogP contribution in [0.3, 0.4) is 0 Å². The number of carbonyl (C=O) groups excluding carboxylic acids is 2. The molecular formula is C26H32FN5O4. The number of anilines is 2. The summed E-state index contributed by atoms with van der Waals surface area (Å²) in [6, 6.07) is 7.35. The molecule has 1 aliphatic carbocycles. The third-order valence-electron chi connectivity index (χ3n) is 6.60. The average Bonchev–Trinajstić information content (AvgIpc) is 3.66. The van der Waals surface area contributed by atoms with Crippen LogP contribution in [0, 0.1) is 11.7 Å². The molecule has 10 heteroatoms. The van der Waals surface area contributed by atoms with Gasteiger partial charge in [0.1, 0.15) is 11.6 Å². The molecule has 2 aliphatic rings. The maximum absolute atomic E-state index is 13.6. The van der Waals surface area contributed by atoms with E-state index in [0.717, 1.165) is 24.9 Å². The van der Waals surface area contributed by atoms with E-state index in [0.29, 0.717) is 30.3 Å². The summed E-state index contributed by atoms with van der Waals surface area (Å²) in [6.45, 7) is 8.03. The van der Waals surface area contributed by atoms with Gasteiger partial charge in [0.15, 0.2) is 0 Å². The normalized spacial score (nSPS) is 20.3. The molecule has 9 nitrogen and oxygen atoms in total. The summed E-state index contributed by atoms with van der Waals surface area (Å²) in [5.74, 6) is -1.00. The minimum absolute atomic E-state index is 0.0466. The Kier molecular flexibility index (Phi) is 7.53. The first-order valence-electron chi connectivity index (χ1n) is 12.2. The van der Waals surface area contributed by atoms with Crippen molar-refractivity contribution in [2.24, 2.45) is 5.92 Å². The molecule has 3 amide bonds. The van der Waals surface area contributed by atoms with Crippen LogP contribution in [0.2, 0.25) is 0 Å². The first kappa shape index (κ1) is 25.6. The van der Waals surface area contributed by atoms with Gasteiger partial charge in [-0.25, -0.2) is 14.2 Å². The lowest BCUT2D eigenvalue weighted by Gasteiger charge is -2.45. The van der Waals surface area contributed by atoms with Crippen molar-refractivity contribution in [1.29, 1.82) is 0 Å². The molecule has 2 fully saturated rings. The summed E-state index contributed by atoms with van der Waals surface area (Å²) in [5.41, 5.74) is 1.79. The van der Waals surface area contributed by atoms with E-state index in [4.69, 9.17) is 5.11 Å². The number of nitrogens with zero attached hydrogens (tertiary/aromatic N) is 3. The maximum atomic E-state index is 13.6. The van der Waals surface area contributed by atoms with Crippen LogP contribution in [-0.4, -0.2) is 63.5 Å². The quantitative estimate of drug-likeness (QED) is 0.519. The zero-order chi connectivity index (χ0) is 26.0. The fourth-order valence-corrected chi connectivity index (χ4v) is 4.72. The van der Waals surface area contributed by atoms with E-state index in [-0.39, 0.29) is 23.6 Å². The number of nitrogens with one attached hydrogen (secondary N) is 2. The highest BCUT2D eigenvalue weighted by Crippen LogP contribution is 2.43. The molecule has 2 atom stereocenters. The lowest BCUT2D eigenvalue weighted by molar-refractivity contribution is -0.148. The van der Waals surface area contributed by atoms with Crippen molar-refractivity contribution in [2.45, 2.75) is 51.6 Å². The molecule has 1 aliphatic heterocycles. The molecule has 0 radical (unpaired) electrons. The molecule has 0 spiro atoms. The summed E-state index contributed by atoms with van der Waals surface area (Å²) in [7, 11) is 0. The Balaban J connectivity index is 1.54. The van der Waals surface area contributed by atoms with Crippen molar-refractivity contribution in [2.75, 3.05) is 30.3 Å². The van der Waals surface area contributed by atoms with Crippen LogP contribution in [0.1, 0.15) is 56.7 Å². The van der Waals surface area contributed by atoms with Gasteiger partial charge in [-0.15, -0.1) is 0 Å². The van der Waals surface area contributed by atoms with E-state index in [1.165, 1.54) is 18.3 Å². The highest BCUT2D eigenvalue weighted by atomic mass is 19.1. The fourth-order valence-electron chi connectivity index (χ4n) is 4.72. The number of benzene rings is 1. The van der Waals surface area contributed by atoms with Crippen molar-refractivity contribution in [1.82, 2.24) is 14.8 Å². The van der Waals surface area contributed by atoms with Crippen molar-refractivity contribution < 1.29 is 23.9 Å². The summed E-state index contributed by atoms with van der Waals surface area (Å²) < 4.78 is 13.6. The number of rotatable bonds is 6. The number of halogens is 1. The minimum Gasteiger partial charge on any atom is -0.465 e. The minimum atomic E-state index is -1.21. The third-order valence-corrected chi connectivity index (χ3v) is 6.60. The number of hydrogen-bond acceptors (Lipinski definition) is 5. The number of hydrogen-bond donors (Lipinski definition) is 3. The van der Waals surface area contributed by atoms with Crippen molar-refractivity contribution in [3.63, 3.8) is 0 Å². The van der Waals surface area contributed by atoms with E-state index >= 15 is 0 Å². The van der Waals surface area contributed by atoms with Gasteiger partial charge in [-0.1, -0.05) is 26.0 Å². The summed E-state index contributed by atoms with van der Waals surface area (Å²) in [5, 5.41) is 14.0. The van der Waals surface area contributed by atoms with Gasteiger partial charge in [-0.3, -0.25) is 19.8 Å². The average molecular weight is 498 g/mol. The first-order valence-corrected chi connectivity index (χ1v) is 12.2. The van der Waals surface area contributed by atoms with Gasteiger partial charge in [0.05, 0.1) is 17.9 Å². The smallest absolute Gasteiger partial charge is 0.410 e. The number of piperazine rings is 1. The van der Waals surface area contributed by atoms with Gasteiger partial charge in [-0.2, -0.15) is 0 Å². The molecule has 2 unspecified atom stereocenters. The molecule has 0 bridgehead atoms. The Hall–Kier alpha value is -3.53. The standard InChI is InChI=1S/C26H32FN5O4/c1-15(2)12-31-14-22(18-6-8-19(27)9-7-18)32(13-16(31)3)25(34)24(33)29-20-10-21(17-4-5-17)23(28-11-20)30-26(35)36/h6-11,15-17,22H,4-5,12-14H2,1-3H3,(H,28,30)(H,29,33)(H,35,36). The predicted molar refractivity (Wildman–Crippen MR) is 133 cm³/mol. The van der Waals surface area contributed by atoms with Crippen molar-refractivity contribution in [3.05, 3.63) is 53.5 Å². The van der Waals surface area contributed by atoms with Gasteiger partial charge in [0.25, 0.3) is 0 Å². The van der Waals surface area contributed by atoms with Gasteiger partial charge in [-0.05, 0) is 55.4 Å². The molecule has 2 heterocycles. The molecule has 4 rings (SSSR count). The Morgan fingerprint density at radius 2 is 1.83 bits per heavy atom. The van der Waals surface area contributed by atoms with E-state index in [1.807, 2.05) is 6.92 Å². The number of amides is 3. The Labute approximate surface area is 209 Å². The lowest BCUT2D eigenvalue weighted by Crippen LogP contribution is -2.57. The molecule has 1 saturated carbocycles. The van der Waals surface area contributed by atoms with E-state index < -0.39 is 23.9 Å². The molecule has 2 aromatic rings. The van der Waals surface area contributed by atoms with Gasteiger partial charge in [0.2, 0.25) is 0 Å². The van der Waals surface area contributed by atoms with Crippen molar-refractivity contribution in [3.8, 4) is 0 Å². The Morgan fingerprint density at radius 1 is 1.14 bits per heavy atom. The van der Waals surface area contributed by atoms with Crippen LogP contribution in [0.25, 0.3) is 0 Å². The SMILES string of the molecule is CC(C)CN1CC(c2ccc(F)cc2)N(C(=O)C(=O)Nc2cnc(NC(=O)O)c(C3CC3)c2)CC1C. The van der Waals surface area contributed by atoms with Crippen molar-refractivity contribution >= 4 is 29.4 Å². The third kappa shape index (κ3) is 5.99. The molecule has 192 valence electrons.